The van der Waals surface area contributed by atoms with Crippen LogP contribution in [0.5, 0.6) is 0 Å². The molecule has 2 rings (SSSR count). The van der Waals surface area contributed by atoms with E-state index in [-0.39, 0.29) is 0 Å². The van der Waals surface area contributed by atoms with E-state index >= 15 is 0 Å². The fraction of sp³-hybridized carbons (Fsp3) is 0.273. The zero-order chi connectivity index (χ0) is 13.2. The second-order valence-corrected chi connectivity index (χ2v) is 6.65. The Labute approximate surface area is 120 Å². The van der Waals surface area contributed by atoms with Gasteiger partial charge in [-0.2, -0.15) is 0 Å². The smallest absolute Gasteiger partial charge is 0.202 e. The van der Waals surface area contributed by atoms with Crippen LogP contribution in [0.25, 0.3) is 0 Å². The number of aliphatic imine (C=N–C) groups is 2. The molecule has 0 aromatic carbocycles. The Balaban J connectivity index is 2.28. The zero-order valence-corrected chi connectivity index (χ0v) is 12.8. The molecular weight excluding hydrogens is 367 g/mol. The largest absolute Gasteiger partial charge is 0.384 e. The van der Waals surface area contributed by atoms with Crippen LogP contribution in [0.2, 0.25) is 0 Å². The molecule has 7 heteroatoms. The number of hydrogen-bond acceptors (Lipinski definition) is 4. The third kappa shape index (κ3) is 3.56. The Morgan fingerprint density at radius 2 is 2.22 bits per heavy atom. The van der Waals surface area contributed by atoms with Crippen molar-refractivity contribution in [3.63, 3.8) is 0 Å². The number of amidine groups is 2. The van der Waals surface area contributed by atoms with Crippen molar-refractivity contribution in [3.8, 4) is 0 Å². The third-order valence-electron chi connectivity index (χ3n) is 2.09. The van der Waals surface area contributed by atoms with Gasteiger partial charge in [-0.25, -0.2) is 15.0 Å². The average Bonchev–Trinajstić information content (AvgIpc) is 2.28. The van der Waals surface area contributed by atoms with E-state index < -0.39 is 26.3 Å². The Bertz CT molecular complexity index is 548. The Kier molecular flexibility index (Phi) is 4.08. The molecule has 0 unspecified atom stereocenters. The highest BCUT2D eigenvalue weighted by Gasteiger charge is 2.17. The second-order valence-electron chi connectivity index (χ2n) is 4.09. The lowest BCUT2D eigenvalue weighted by Gasteiger charge is -2.16. The summed E-state index contributed by atoms with van der Waals surface area (Å²) >= 11 is 5.36. The summed E-state index contributed by atoms with van der Waals surface area (Å²) in [5.41, 5.74) is -0.390. The maximum atomic E-state index is 9.90. The molecule has 5 nitrogen and oxygen atoms in total. The Morgan fingerprint density at radius 3 is 2.89 bits per heavy atom. The average molecular weight is 379 g/mol. The lowest BCUT2D eigenvalue weighted by atomic mass is 10.1. The molecule has 2 N–H and O–H groups in total. The number of aliphatic hydroxyl groups is 1. The van der Waals surface area contributed by atoms with Gasteiger partial charge in [-0.05, 0) is 58.3 Å². The highest BCUT2D eigenvalue weighted by atomic mass is 127. The van der Waals surface area contributed by atoms with Crippen LogP contribution in [0, 0.1) is 0 Å². The molecule has 0 saturated heterocycles. The van der Waals surface area contributed by atoms with E-state index in [9.17, 15) is 5.11 Å². The van der Waals surface area contributed by atoms with Crippen LogP contribution in [0.15, 0.2) is 28.2 Å². The molecular formula is C11H12ClIN4O. The standard InChI is InChI=1S/C11H12ClIN4O/c1-11(2,18)7-4-3-5-8(15-7)16-10-13-6-14-9(12)17-10/h3-6,18H,1-2H3,(H,14,15,16,17). The van der Waals surface area contributed by atoms with Crippen LogP contribution in [-0.2, 0) is 5.60 Å². The van der Waals surface area contributed by atoms with Gasteiger partial charge in [0.25, 0.3) is 0 Å². The van der Waals surface area contributed by atoms with Crippen molar-refractivity contribution in [1.29, 1.82) is 0 Å². The van der Waals surface area contributed by atoms with Gasteiger partial charge in [0.2, 0.25) is 5.29 Å². The normalized spacial score (nSPS) is 18.0. The lowest BCUT2D eigenvalue weighted by molar-refractivity contribution is 0.0740. The molecule has 2 heterocycles. The quantitative estimate of drug-likeness (QED) is 0.612. The fourth-order valence-electron chi connectivity index (χ4n) is 1.24. The number of nitrogens with zero attached hydrogens (tertiary/aromatic N) is 3. The van der Waals surface area contributed by atoms with E-state index in [1.54, 1.807) is 30.1 Å². The topological polar surface area (TPSA) is 69.9 Å². The van der Waals surface area contributed by atoms with E-state index in [0.717, 1.165) is 3.84 Å². The van der Waals surface area contributed by atoms with Crippen molar-refractivity contribution in [2.45, 2.75) is 19.4 Å². The summed E-state index contributed by atoms with van der Waals surface area (Å²) in [6, 6.07) is 5.38. The van der Waals surface area contributed by atoms with Crippen LogP contribution in [-0.4, -0.2) is 23.4 Å². The number of nitrogens with one attached hydrogen (secondary N) is 1. The highest BCUT2D eigenvalue weighted by molar-refractivity contribution is 14.2. The van der Waals surface area contributed by atoms with Crippen molar-refractivity contribution in [2.75, 3.05) is 0 Å². The van der Waals surface area contributed by atoms with Crippen LogP contribution < -0.4 is 5.32 Å². The predicted molar refractivity (Wildman–Crippen MR) is 83.1 cm³/mol. The maximum Gasteiger partial charge on any atom is 0.202 e. The van der Waals surface area contributed by atoms with Gasteiger partial charge >= 0.3 is 0 Å². The zero-order valence-electron chi connectivity index (χ0n) is 9.85. The molecule has 1 aromatic rings. The first-order valence-electron chi connectivity index (χ1n) is 5.19. The first-order valence-corrected chi connectivity index (χ1v) is 7.89. The summed E-state index contributed by atoms with van der Waals surface area (Å²) in [7, 11) is 0. The van der Waals surface area contributed by atoms with E-state index in [1.165, 1.54) is 0 Å². The molecule has 0 atom stereocenters. The van der Waals surface area contributed by atoms with Gasteiger partial charge in [0.1, 0.15) is 5.60 Å². The first-order chi connectivity index (χ1) is 8.45. The Morgan fingerprint density at radius 1 is 1.44 bits per heavy atom. The van der Waals surface area contributed by atoms with Gasteiger partial charge in [-0.1, -0.05) is 6.07 Å². The molecule has 0 radical (unpaired) electrons. The van der Waals surface area contributed by atoms with Crippen LogP contribution in [0.4, 0.5) is 5.82 Å². The number of hydrogen-bond donors (Lipinski definition) is 2. The van der Waals surface area contributed by atoms with Gasteiger partial charge in [-0.15, -0.1) is 0 Å². The molecule has 0 fully saturated rings. The minimum absolute atomic E-state index is 0.318. The van der Waals surface area contributed by atoms with E-state index in [1.807, 2.05) is 6.07 Å². The van der Waals surface area contributed by atoms with Crippen molar-refractivity contribution in [3.05, 3.63) is 23.9 Å². The van der Waals surface area contributed by atoms with Crippen LogP contribution in [0.3, 0.4) is 0 Å². The summed E-state index contributed by atoms with van der Waals surface area (Å²) in [4.78, 5) is 12.6. The number of rotatable bonds is 2. The molecule has 1 aliphatic rings. The molecule has 1 aliphatic heterocycles. The summed E-state index contributed by atoms with van der Waals surface area (Å²) in [6.07, 6.45) is 0. The summed E-state index contributed by atoms with van der Waals surface area (Å²) in [6.45, 7) is 3.38. The van der Waals surface area contributed by atoms with Crippen LogP contribution >= 0.6 is 32.3 Å². The van der Waals surface area contributed by atoms with Crippen molar-refractivity contribution >= 4 is 51.4 Å². The van der Waals surface area contributed by atoms with E-state index in [4.69, 9.17) is 11.6 Å². The molecule has 0 aliphatic carbocycles. The van der Waals surface area contributed by atoms with E-state index in [2.05, 4.69) is 20.3 Å². The first kappa shape index (κ1) is 13.6. The molecule has 0 bridgehead atoms. The summed E-state index contributed by atoms with van der Waals surface area (Å²) in [5, 5.41) is 13.1. The van der Waals surface area contributed by atoms with Gasteiger partial charge in [0.05, 0.1) is 9.83 Å². The second kappa shape index (κ2) is 5.41. The Hall–Kier alpha value is -0.860. The minimum atomic E-state index is -0.976. The van der Waals surface area contributed by atoms with Crippen molar-refractivity contribution < 1.29 is 5.11 Å². The lowest BCUT2D eigenvalue weighted by Crippen LogP contribution is -2.24. The van der Waals surface area contributed by atoms with Gasteiger partial charge in [0.15, 0.2) is 9.66 Å². The SMILES string of the molecule is CC(C)(O)c1cccc(/N=C2/NC(Cl)=NC=I2)n1. The molecule has 0 saturated carbocycles. The van der Waals surface area contributed by atoms with Gasteiger partial charge in [-0.3, -0.25) is 0 Å². The predicted octanol–water partition coefficient (Wildman–Crippen LogP) is 2.22. The van der Waals surface area contributed by atoms with Gasteiger partial charge < -0.3 is 10.4 Å². The fourth-order valence-corrected chi connectivity index (χ4v) is 3.18. The number of halogens is 2. The highest BCUT2D eigenvalue weighted by Crippen LogP contribution is 2.20. The number of aromatic nitrogens is 1. The third-order valence-corrected chi connectivity index (χ3v) is 3.94. The maximum absolute atomic E-state index is 9.90. The molecule has 18 heavy (non-hydrogen) atoms. The minimum Gasteiger partial charge on any atom is -0.384 e. The molecule has 0 amide bonds. The molecule has 96 valence electrons. The van der Waals surface area contributed by atoms with Crippen molar-refractivity contribution in [1.82, 2.24) is 10.3 Å². The van der Waals surface area contributed by atoms with Gasteiger partial charge in [0, 0.05) is 0 Å². The van der Waals surface area contributed by atoms with Crippen molar-refractivity contribution in [2.24, 2.45) is 9.98 Å². The van der Waals surface area contributed by atoms with Crippen LogP contribution in [0.1, 0.15) is 19.5 Å². The van der Waals surface area contributed by atoms with E-state index in [0.29, 0.717) is 16.8 Å². The summed E-state index contributed by atoms with van der Waals surface area (Å²) < 4.78 is 2.57. The molecule has 1 aromatic heterocycles. The monoisotopic (exact) mass is 378 g/mol. The molecule has 0 spiro atoms. The number of pyridine rings is 1. The summed E-state index contributed by atoms with van der Waals surface area (Å²) in [5.74, 6) is 0.552.